The van der Waals surface area contributed by atoms with Gasteiger partial charge in [-0.15, -0.1) is 0 Å². The highest BCUT2D eigenvalue weighted by Crippen LogP contribution is 2.25. The van der Waals surface area contributed by atoms with Gasteiger partial charge in [-0.1, -0.05) is 12.1 Å². The van der Waals surface area contributed by atoms with E-state index in [0.717, 1.165) is 0 Å². The van der Waals surface area contributed by atoms with Crippen molar-refractivity contribution < 1.29 is 24.5 Å². The summed E-state index contributed by atoms with van der Waals surface area (Å²) in [5.74, 6) is -1.58. The third kappa shape index (κ3) is 3.21. The van der Waals surface area contributed by atoms with Crippen LogP contribution in [-0.4, -0.2) is 28.8 Å². The number of rotatable bonds is 5. The first-order valence-electron chi connectivity index (χ1n) is 5.02. The maximum Gasteiger partial charge on any atom is 0.341 e. The standard InChI is InChI=1S/C12H14O5/c1-12(2,11(15)16)8-3-5-9(6-4-8)17-7-10(13)14/h3-6H,7H2,1-2H3,(H,13,14)(H,15,16). The van der Waals surface area contributed by atoms with E-state index in [9.17, 15) is 9.59 Å². The smallest absolute Gasteiger partial charge is 0.341 e. The molecular weight excluding hydrogens is 224 g/mol. The third-order valence-corrected chi connectivity index (χ3v) is 2.47. The largest absolute Gasteiger partial charge is 0.482 e. The van der Waals surface area contributed by atoms with Crippen LogP contribution in [0.3, 0.4) is 0 Å². The van der Waals surface area contributed by atoms with Crippen molar-refractivity contribution in [2.45, 2.75) is 19.3 Å². The molecule has 0 aliphatic rings. The molecule has 0 fully saturated rings. The molecule has 0 saturated carbocycles. The van der Waals surface area contributed by atoms with Crippen LogP contribution < -0.4 is 4.74 Å². The highest BCUT2D eigenvalue weighted by Gasteiger charge is 2.29. The van der Waals surface area contributed by atoms with Crippen molar-refractivity contribution >= 4 is 11.9 Å². The second kappa shape index (κ2) is 4.86. The Labute approximate surface area is 98.6 Å². The minimum Gasteiger partial charge on any atom is -0.482 e. The molecule has 92 valence electrons. The van der Waals surface area contributed by atoms with Crippen molar-refractivity contribution in [3.05, 3.63) is 29.8 Å². The van der Waals surface area contributed by atoms with E-state index in [-0.39, 0.29) is 0 Å². The van der Waals surface area contributed by atoms with Crippen LogP contribution in [0.2, 0.25) is 0 Å². The van der Waals surface area contributed by atoms with E-state index >= 15 is 0 Å². The summed E-state index contributed by atoms with van der Waals surface area (Å²) in [6.45, 7) is 2.78. The van der Waals surface area contributed by atoms with Crippen molar-refractivity contribution in [1.82, 2.24) is 0 Å². The average molecular weight is 238 g/mol. The highest BCUT2D eigenvalue weighted by atomic mass is 16.5. The summed E-state index contributed by atoms with van der Waals surface area (Å²) in [6, 6.07) is 6.35. The monoisotopic (exact) mass is 238 g/mol. The molecule has 0 bridgehead atoms. The second-order valence-corrected chi connectivity index (χ2v) is 4.14. The van der Waals surface area contributed by atoms with Gasteiger partial charge in [-0.25, -0.2) is 4.79 Å². The molecule has 0 amide bonds. The summed E-state index contributed by atoms with van der Waals surface area (Å²) in [7, 11) is 0. The van der Waals surface area contributed by atoms with Gasteiger partial charge in [0.25, 0.3) is 0 Å². The van der Waals surface area contributed by atoms with Gasteiger partial charge in [0.05, 0.1) is 5.41 Å². The maximum atomic E-state index is 11.0. The predicted octanol–water partition coefficient (Wildman–Crippen LogP) is 1.51. The molecule has 1 aromatic rings. The molecule has 0 spiro atoms. The van der Waals surface area contributed by atoms with Crippen LogP contribution in [0.5, 0.6) is 5.75 Å². The van der Waals surface area contributed by atoms with Crippen LogP contribution in [0.25, 0.3) is 0 Å². The van der Waals surface area contributed by atoms with Crippen molar-refractivity contribution in [1.29, 1.82) is 0 Å². The Hall–Kier alpha value is -2.04. The molecule has 0 aliphatic heterocycles. The fourth-order valence-electron chi connectivity index (χ4n) is 1.24. The first-order valence-corrected chi connectivity index (χ1v) is 5.02. The Bertz CT molecular complexity index is 419. The van der Waals surface area contributed by atoms with E-state index in [0.29, 0.717) is 11.3 Å². The SMILES string of the molecule is CC(C)(C(=O)O)c1ccc(OCC(=O)O)cc1. The molecule has 5 nitrogen and oxygen atoms in total. The molecule has 0 unspecified atom stereocenters. The van der Waals surface area contributed by atoms with E-state index in [4.69, 9.17) is 14.9 Å². The zero-order valence-electron chi connectivity index (χ0n) is 9.64. The normalized spacial score (nSPS) is 10.9. The fourth-order valence-corrected chi connectivity index (χ4v) is 1.24. The van der Waals surface area contributed by atoms with Gasteiger partial charge in [-0.05, 0) is 31.5 Å². The summed E-state index contributed by atoms with van der Waals surface area (Å²) in [6.07, 6.45) is 0. The highest BCUT2D eigenvalue weighted by molar-refractivity contribution is 5.80. The predicted molar refractivity (Wildman–Crippen MR) is 60.2 cm³/mol. The zero-order chi connectivity index (χ0) is 13.1. The van der Waals surface area contributed by atoms with E-state index < -0.39 is 24.0 Å². The number of ether oxygens (including phenoxy) is 1. The summed E-state index contributed by atoms with van der Waals surface area (Å²) in [5, 5.41) is 17.5. The van der Waals surface area contributed by atoms with Crippen LogP contribution in [0.1, 0.15) is 19.4 Å². The molecule has 1 aromatic carbocycles. The quantitative estimate of drug-likeness (QED) is 0.812. The molecule has 0 atom stereocenters. The first-order chi connectivity index (χ1) is 7.84. The van der Waals surface area contributed by atoms with E-state index in [2.05, 4.69) is 0 Å². The number of aliphatic carboxylic acids is 2. The number of benzene rings is 1. The third-order valence-electron chi connectivity index (χ3n) is 2.47. The molecule has 2 N–H and O–H groups in total. The summed E-state index contributed by atoms with van der Waals surface area (Å²) >= 11 is 0. The second-order valence-electron chi connectivity index (χ2n) is 4.14. The van der Waals surface area contributed by atoms with Crippen LogP contribution >= 0.6 is 0 Å². The molecule has 17 heavy (non-hydrogen) atoms. The van der Waals surface area contributed by atoms with Gasteiger partial charge in [-0.2, -0.15) is 0 Å². The minimum atomic E-state index is -1.06. The van der Waals surface area contributed by atoms with E-state index in [1.807, 2.05) is 0 Å². The van der Waals surface area contributed by atoms with Crippen molar-refractivity contribution in [2.75, 3.05) is 6.61 Å². The van der Waals surface area contributed by atoms with Gasteiger partial charge >= 0.3 is 11.9 Å². The summed E-state index contributed by atoms with van der Waals surface area (Å²) < 4.78 is 4.95. The number of hydrogen-bond acceptors (Lipinski definition) is 3. The Morgan fingerprint density at radius 3 is 2.12 bits per heavy atom. The van der Waals surface area contributed by atoms with Crippen molar-refractivity contribution in [2.24, 2.45) is 0 Å². The van der Waals surface area contributed by atoms with Crippen LogP contribution in [0.15, 0.2) is 24.3 Å². The molecule has 5 heteroatoms. The van der Waals surface area contributed by atoms with Crippen molar-refractivity contribution in [3.63, 3.8) is 0 Å². The van der Waals surface area contributed by atoms with E-state index in [1.54, 1.807) is 38.1 Å². The lowest BCUT2D eigenvalue weighted by molar-refractivity contribution is -0.142. The van der Waals surface area contributed by atoms with Crippen LogP contribution in [0, 0.1) is 0 Å². The number of carboxylic acid groups (broad SMARTS) is 2. The summed E-state index contributed by atoms with van der Waals surface area (Å²) in [5.41, 5.74) is -0.349. The van der Waals surface area contributed by atoms with Gasteiger partial charge in [0.15, 0.2) is 6.61 Å². The van der Waals surface area contributed by atoms with Gasteiger partial charge in [-0.3, -0.25) is 4.79 Å². The fraction of sp³-hybridized carbons (Fsp3) is 0.333. The molecule has 0 radical (unpaired) electrons. The number of hydrogen-bond donors (Lipinski definition) is 2. The topological polar surface area (TPSA) is 83.8 Å². The lowest BCUT2D eigenvalue weighted by atomic mass is 9.85. The van der Waals surface area contributed by atoms with Gasteiger partial charge in [0.2, 0.25) is 0 Å². The van der Waals surface area contributed by atoms with Crippen LogP contribution in [0.4, 0.5) is 0 Å². The average Bonchev–Trinajstić information content (AvgIpc) is 2.26. The lowest BCUT2D eigenvalue weighted by Crippen LogP contribution is -2.28. The molecule has 0 aliphatic carbocycles. The first kappa shape index (κ1) is 13.0. The molecule has 0 heterocycles. The minimum absolute atomic E-state index is 0.400. The summed E-state index contributed by atoms with van der Waals surface area (Å²) in [4.78, 5) is 21.3. The molecule has 0 saturated heterocycles. The molecule has 1 rings (SSSR count). The maximum absolute atomic E-state index is 11.0. The Morgan fingerprint density at radius 1 is 1.18 bits per heavy atom. The number of carboxylic acids is 2. The van der Waals surface area contributed by atoms with Gasteiger partial charge in [0, 0.05) is 0 Å². The van der Waals surface area contributed by atoms with E-state index in [1.165, 1.54) is 0 Å². The molecule has 0 aromatic heterocycles. The Morgan fingerprint density at radius 2 is 1.71 bits per heavy atom. The Kier molecular flexibility index (Phi) is 3.73. The van der Waals surface area contributed by atoms with Gasteiger partial charge < -0.3 is 14.9 Å². The van der Waals surface area contributed by atoms with Crippen molar-refractivity contribution in [3.8, 4) is 5.75 Å². The zero-order valence-corrected chi connectivity index (χ0v) is 9.64. The lowest BCUT2D eigenvalue weighted by Gasteiger charge is -2.19. The van der Waals surface area contributed by atoms with Gasteiger partial charge in [0.1, 0.15) is 5.75 Å². The van der Waals surface area contributed by atoms with Crippen LogP contribution in [-0.2, 0) is 15.0 Å². The Balaban J connectivity index is 2.81. The molecular formula is C12H14O5. The number of carbonyl (C=O) groups is 2.